The van der Waals surface area contributed by atoms with Crippen LogP contribution in [0.5, 0.6) is 5.88 Å². The molecule has 0 fully saturated rings. The number of rotatable bonds is 5. The summed E-state index contributed by atoms with van der Waals surface area (Å²) in [7, 11) is 0. The topological polar surface area (TPSA) is 73.1 Å². The second-order valence-electron chi connectivity index (χ2n) is 4.29. The molecule has 0 saturated carbocycles. The zero-order valence-electron chi connectivity index (χ0n) is 11.4. The third-order valence-corrected chi connectivity index (χ3v) is 2.85. The van der Waals surface area contributed by atoms with E-state index in [0.29, 0.717) is 24.0 Å². The third kappa shape index (κ3) is 3.14. The number of nitrogens with two attached hydrogens (primary N) is 1. The van der Waals surface area contributed by atoms with Gasteiger partial charge in [0, 0.05) is 0 Å². The quantitative estimate of drug-likeness (QED) is 0.878. The van der Waals surface area contributed by atoms with Gasteiger partial charge in [-0.05, 0) is 31.5 Å². The number of hydrogen-bond donors (Lipinski definition) is 2. The summed E-state index contributed by atoms with van der Waals surface area (Å²) >= 11 is 0. The van der Waals surface area contributed by atoms with Gasteiger partial charge in [-0.15, -0.1) is 0 Å². The van der Waals surface area contributed by atoms with Gasteiger partial charge in [0.15, 0.2) is 5.82 Å². The highest BCUT2D eigenvalue weighted by molar-refractivity contribution is 5.66. The molecule has 6 heteroatoms. The van der Waals surface area contributed by atoms with Gasteiger partial charge in [0.05, 0.1) is 12.6 Å². The van der Waals surface area contributed by atoms with Gasteiger partial charge < -0.3 is 15.8 Å². The summed E-state index contributed by atoms with van der Waals surface area (Å²) in [5.74, 6) is 0.595. The number of halogens is 1. The largest absolute Gasteiger partial charge is 0.476 e. The first kappa shape index (κ1) is 14.0. The van der Waals surface area contributed by atoms with Crippen molar-refractivity contribution in [3.63, 3.8) is 0 Å². The van der Waals surface area contributed by atoms with E-state index in [9.17, 15) is 4.39 Å². The van der Waals surface area contributed by atoms with Gasteiger partial charge in [0.25, 0.3) is 0 Å². The molecule has 0 aliphatic carbocycles. The van der Waals surface area contributed by atoms with Crippen molar-refractivity contribution in [1.82, 2.24) is 9.97 Å². The molecule has 106 valence electrons. The molecule has 0 saturated heterocycles. The van der Waals surface area contributed by atoms with Crippen LogP contribution in [0.15, 0.2) is 30.6 Å². The maximum Gasteiger partial charge on any atom is 0.242 e. The van der Waals surface area contributed by atoms with Crippen LogP contribution in [0.2, 0.25) is 0 Å². The molecular formula is C14H17FN4O. The van der Waals surface area contributed by atoms with E-state index in [2.05, 4.69) is 15.3 Å². The Morgan fingerprint density at radius 2 is 2.00 bits per heavy atom. The Balaban J connectivity index is 2.17. The summed E-state index contributed by atoms with van der Waals surface area (Å²) in [6.45, 7) is 4.28. The predicted octanol–water partition coefficient (Wildman–Crippen LogP) is 2.77. The van der Waals surface area contributed by atoms with E-state index in [-0.39, 0.29) is 11.9 Å². The maximum atomic E-state index is 12.9. The highest BCUT2D eigenvalue weighted by Gasteiger charge is 2.12. The fourth-order valence-corrected chi connectivity index (χ4v) is 1.79. The average Bonchev–Trinajstić information content (AvgIpc) is 2.44. The molecule has 1 aromatic heterocycles. The Morgan fingerprint density at radius 1 is 1.30 bits per heavy atom. The SMILES string of the molecule is CCOc1ncnc(NC(C)c2ccc(F)cc2)c1N. The maximum absolute atomic E-state index is 12.9. The number of aromatic nitrogens is 2. The van der Waals surface area contributed by atoms with Crippen LogP contribution in [0, 0.1) is 5.82 Å². The lowest BCUT2D eigenvalue weighted by Gasteiger charge is -2.17. The number of nitrogen functional groups attached to an aromatic ring is 1. The lowest BCUT2D eigenvalue weighted by Crippen LogP contribution is -2.11. The van der Waals surface area contributed by atoms with Crippen molar-refractivity contribution in [1.29, 1.82) is 0 Å². The summed E-state index contributed by atoms with van der Waals surface area (Å²) in [5, 5.41) is 3.17. The highest BCUT2D eigenvalue weighted by atomic mass is 19.1. The van der Waals surface area contributed by atoms with E-state index in [1.807, 2.05) is 13.8 Å². The van der Waals surface area contributed by atoms with Crippen LogP contribution in [-0.2, 0) is 0 Å². The number of ether oxygens (including phenoxy) is 1. The van der Waals surface area contributed by atoms with E-state index in [4.69, 9.17) is 10.5 Å². The predicted molar refractivity (Wildman–Crippen MR) is 76.1 cm³/mol. The van der Waals surface area contributed by atoms with Gasteiger partial charge in [0.2, 0.25) is 5.88 Å². The van der Waals surface area contributed by atoms with Crippen LogP contribution < -0.4 is 15.8 Å². The van der Waals surface area contributed by atoms with Crippen LogP contribution >= 0.6 is 0 Å². The second kappa shape index (κ2) is 6.18. The number of benzene rings is 1. The lowest BCUT2D eigenvalue weighted by atomic mass is 10.1. The van der Waals surface area contributed by atoms with Crippen LogP contribution in [0.25, 0.3) is 0 Å². The summed E-state index contributed by atoms with van der Waals surface area (Å²) in [4.78, 5) is 8.08. The van der Waals surface area contributed by atoms with E-state index < -0.39 is 0 Å². The Labute approximate surface area is 117 Å². The normalized spacial score (nSPS) is 11.9. The van der Waals surface area contributed by atoms with Crippen LogP contribution in [0.3, 0.4) is 0 Å². The highest BCUT2D eigenvalue weighted by Crippen LogP contribution is 2.27. The fraction of sp³-hybridized carbons (Fsp3) is 0.286. The van der Waals surface area contributed by atoms with E-state index in [1.54, 1.807) is 12.1 Å². The van der Waals surface area contributed by atoms with Gasteiger partial charge >= 0.3 is 0 Å². The minimum Gasteiger partial charge on any atom is -0.476 e. The van der Waals surface area contributed by atoms with E-state index in [1.165, 1.54) is 18.5 Å². The number of hydrogen-bond acceptors (Lipinski definition) is 5. The molecule has 2 aromatic rings. The molecule has 0 aliphatic heterocycles. The first-order valence-electron chi connectivity index (χ1n) is 6.37. The summed E-state index contributed by atoms with van der Waals surface area (Å²) in [6, 6.07) is 6.20. The Bertz CT molecular complexity index is 574. The zero-order valence-corrected chi connectivity index (χ0v) is 11.4. The van der Waals surface area contributed by atoms with Crippen LogP contribution in [0.1, 0.15) is 25.5 Å². The van der Waals surface area contributed by atoms with Gasteiger partial charge in [-0.3, -0.25) is 0 Å². The van der Waals surface area contributed by atoms with Gasteiger partial charge in [-0.25, -0.2) is 9.37 Å². The van der Waals surface area contributed by atoms with Crippen molar-refractivity contribution in [3.05, 3.63) is 42.0 Å². The van der Waals surface area contributed by atoms with Crippen molar-refractivity contribution in [2.75, 3.05) is 17.7 Å². The van der Waals surface area contributed by atoms with Gasteiger partial charge in [-0.2, -0.15) is 4.98 Å². The minimum absolute atomic E-state index is 0.0673. The molecule has 1 atom stereocenters. The summed E-state index contributed by atoms with van der Waals surface area (Å²) < 4.78 is 18.2. The fourth-order valence-electron chi connectivity index (χ4n) is 1.79. The molecule has 3 N–H and O–H groups in total. The Kier molecular flexibility index (Phi) is 4.34. The molecule has 0 spiro atoms. The van der Waals surface area contributed by atoms with E-state index in [0.717, 1.165) is 5.56 Å². The minimum atomic E-state index is -0.263. The van der Waals surface area contributed by atoms with Crippen molar-refractivity contribution in [2.24, 2.45) is 0 Å². The lowest BCUT2D eigenvalue weighted by molar-refractivity contribution is 0.328. The van der Waals surface area contributed by atoms with E-state index >= 15 is 0 Å². The smallest absolute Gasteiger partial charge is 0.242 e. The van der Waals surface area contributed by atoms with Gasteiger partial charge in [-0.1, -0.05) is 12.1 Å². The molecule has 2 rings (SSSR count). The van der Waals surface area contributed by atoms with Crippen molar-refractivity contribution >= 4 is 11.5 Å². The molecule has 1 unspecified atom stereocenters. The summed E-state index contributed by atoms with van der Waals surface area (Å²) in [5.41, 5.74) is 7.24. The second-order valence-corrected chi connectivity index (χ2v) is 4.29. The zero-order chi connectivity index (χ0) is 14.5. The van der Waals surface area contributed by atoms with Crippen LogP contribution in [0.4, 0.5) is 15.9 Å². The molecule has 5 nitrogen and oxygen atoms in total. The Hall–Kier alpha value is -2.37. The molecule has 1 aromatic carbocycles. The molecule has 0 aliphatic rings. The molecule has 20 heavy (non-hydrogen) atoms. The van der Waals surface area contributed by atoms with Crippen molar-refractivity contribution in [3.8, 4) is 5.88 Å². The summed E-state index contributed by atoms with van der Waals surface area (Å²) in [6.07, 6.45) is 1.39. The average molecular weight is 276 g/mol. The van der Waals surface area contributed by atoms with Gasteiger partial charge in [0.1, 0.15) is 17.8 Å². The van der Waals surface area contributed by atoms with Crippen molar-refractivity contribution in [2.45, 2.75) is 19.9 Å². The molecule has 0 bridgehead atoms. The Morgan fingerprint density at radius 3 is 2.65 bits per heavy atom. The number of anilines is 2. The number of nitrogens with zero attached hydrogens (tertiary/aromatic N) is 2. The molecular weight excluding hydrogens is 259 g/mol. The molecule has 1 heterocycles. The third-order valence-electron chi connectivity index (χ3n) is 2.85. The first-order chi connectivity index (χ1) is 9.61. The van der Waals surface area contributed by atoms with Crippen LogP contribution in [-0.4, -0.2) is 16.6 Å². The first-order valence-corrected chi connectivity index (χ1v) is 6.37. The molecule has 0 radical (unpaired) electrons. The van der Waals surface area contributed by atoms with Crippen molar-refractivity contribution < 1.29 is 9.13 Å². The molecule has 0 amide bonds. The number of nitrogens with one attached hydrogen (secondary N) is 1. The monoisotopic (exact) mass is 276 g/mol. The standard InChI is InChI=1S/C14H17FN4O/c1-3-20-14-12(16)13(17-8-18-14)19-9(2)10-4-6-11(15)7-5-10/h4-9H,3,16H2,1-2H3,(H,17,18,19).